The number of nitrogens with zero attached hydrogens (tertiary/aromatic N) is 1. The fourth-order valence-electron chi connectivity index (χ4n) is 4.86. The molecule has 0 aromatic rings. The Morgan fingerprint density at radius 3 is 2.62 bits per heavy atom. The van der Waals surface area contributed by atoms with E-state index in [1.54, 1.807) is 0 Å². The summed E-state index contributed by atoms with van der Waals surface area (Å²) in [6.45, 7) is 3.00. The molecule has 21 heavy (non-hydrogen) atoms. The zero-order valence-corrected chi connectivity index (χ0v) is 12.5. The molecule has 6 atom stereocenters. The van der Waals surface area contributed by atoms with E-state index in [9.17, 15) is 9.59 Å². The van der Waals surface area contributed by atoms with Crippen LogP contribution in [0.4, 0.5) is 0 Å². The highest BCUT2D eigenvalue weighted by atomic mass is 16.6. The smallest absolute Gasteiger partial charge is 0.309 e. The van der Waals surface area contributed by atoms with Crippen molar-refractivity contribution in [2.75, 3.05) is 6.54 Å². The van der Waals surface area contributed by atoms with Crippen LogP contribution in [-0.4, -0.2) is 47.7 Å². The number of cyclic esters (lactones) is 1. The van der Waals surface area contributed by atoms with E-state index in [1.807, 2.05) is 6.92 Å². The molecule has 0 spiro atoms. The molecule has 0 amide bonds. The lowest BCUT2D eigenvalue weighted by Crippen LogP contribution is -2.45. The maximum absolute atomic E-state index is 11.7. The summed E-state index contributed by atoms with van der Waals surface area (Å²) in [4.78, 5) is 25.8. The zero-order valence-electron chi connectivity index (χ0n) is 12.5. The van der Waals surface area contributed by atoms with E-state index >= 15 is 0 Å². The molecule has 4 fully saturated rings. The Hall–Kier alpha value is -1.10. The number of rotatable bonds is 1. The molecule has 4 rings (SSSR count). The first-order valence-corrected chi connectivity index (χ1v) is 8.29. The van der Waals surface area contributed by atoms with Gasteiger partial charge in [-0.15, -0.1) is 0 Å². The van der Waals surface area contributed by atoms with Crippen molar-refractivity contribution in [3.63, 3.8) is 0 Å². The molecule has 0 N–H and O–H groups in total. The molecule has 116 valence electrons. The van der Waals surface area contributed by atoms with Crippen LogP contribution in [0.5, 0.6) is 0 Å². The fraction of sp³-hybridized carbons (Fsp3) is 0.875. The topological polar surface area (TPSA) is 55.8 Å². The van der Waals surface area contributed by atoms with Gasteiger partial charge >= 0.3 is 11.9 Å². The molecule has 4 saturated heterocycles. The minimum absolute atomic E-state index is 0.0313. The van der Waals surface area contributed by atoms with Crippen molar-refractivity contribution in [1.82, 2.24) is 4.90 Å². The van der Waals surface area contributed by atoms with Crippen molar-refractivity contribution >= 4 is 11.9 Å². The summed E-state index contributed by atoms with van der Waals surface area (Å²) in [5, 5.41) is 0. The first kappa shape index (κ1) is 13.6. The third kappa shape index (κ3) is 2.17. The highest BCUT2D eigenvalue weighted by Gasteiger charge is 2.51. The molecule has 5 nitrogen and oxygen atoms in total. The Kier molecular flexibility index (Phi) is 3.21. The van der Waals surface area contributed by atoms with Crippen LogP contribution in [0.2, 0.25) is 0 Å². The largest absolute Gasteiger partial charge is 0.462 e. The zero-order chi connectivity index (χ0) is 14.6. The molecule has 4 aliphatic rings. The van der Waals surface area contributed by atoms with Gasteiger partial charge in [-0.25, -0.2) is 0 Å². The number of hydrogen-bond acceptors (Lipinski definition) is 5. The van der Waals surface area contributed by atoms with Gasteiger partial charge in [0, 0.05) is 18.0 Å². The number of carbonyl (C=O) groups excluding carboxylic acids is 2. The molecular weight excluding hydrogens is 270 g/mol. The normalized spacial score (nSPS) is 46.7. The van der Waals surface area contributed by atoms with E-state index in [0.29, 0.717) is 24.4 Å². The van der Waals surface area contributed by atoms with Crippen LogP contribution in [0.1, 0.15) is 45.4 Å². The SMILES string of the molecule is C[C@H]1C[C@@H]([C@@H]2CC[C@H]3[C@H]4CC(=O)O[C@@H]4CCCN32)OC1=O. The van der Waals surface area contributed by atoms with Crippen LogP contribution < -0.4 is 0 Å². The van der Waals surface area contributed by atoms with Crippen molar-refractivity contribution in [3.8, 4) is 0 Å². The van der Waals surface area contributed by atoms with Crippen LogP contribution in [-0.2, 0) is 19.1 Å². The van der Waals surface area contributed by atoms with Gasteiger partial charge in [0.1, 0.15) is 12.2 Å². The lowest BCUT2D eigenvalue weighted by atomic mass is 9.90. The Balaban J connectivity index is 1.53. The van der Waals surface area contributed by atoms with Crippen molar-refractivity contribution < 1.29 is 19.1 Å². The van der Waals surface area contributed by atoms with Crippen LogP contribution in [0.3, 0.4) is 0 Å². The van der Waals surface area contributed by atoms with Crippen LogP contribution in [0, 0.1) is 11.8 Å². The van der Waals surface area contributed by atoms with Gasteiger partial charge in [0.15, 0.2) is 0 Å². The number of ether oxygens (including phenoxy) is 2. The summed E-state index contributed by atoms with van der Waals surface area (Å²) in [5.74, 6) is 0.302. The molecule has 4 aliphatic heterocycles. The lowest BCUT2D eigenvalue weighted by Gasteiger charge is -2.33. The quantitative estimate of drug-likeness (QED) is 0.686. The van der Waals surface area contributed by atoms with E-state index in [1.165, 1.54) is 0 Å². The predicted octanol–water partition coefficient (Wildman–Crippen LogP) is 1.50. The Morgan fingerprint density at radius 2 is 1.86 bits per heavy atom. The second-order valence-corrected chi connectivity index (χ2v) is 7.10. The van der Waals surface area contributed by atoms with E-state index < -0.39 is 0 Å². The minimum Gasteiger partial charge on any atom is -0.462 e. The van der Waals surface area contributed by atoms with Gasteiger partial charge in [0.05, 0.1) is 12.3 Å². The molecule has 0 aliphatic carbocycles. The van der Waals surface area contributed by atoms with Crippen molar-refractivity contribution in [1.29, 1.82) is 0 Å². The van der Waals surface area contributed by atoms with Gasteiger partial charge in [-0.1, -0.05) is 6.92 Å². The standard InChI is InChI=1S/C16H23NO4/c1-9-7-14(21-16(9)19)12-5-4-11-10-8-15(18)20-13(10)3-2-6-17(11)12/h9-14H,2-8H2,1H3/t9-,10+,11-,12-,13+,14-/m0/s1. The summed E-state index contributed by atoms with van der Waals surface area (Å²) in [7, 11) is 0. The summed E-state index contributed by atoms with van der Waals surface area (Å²) >= 11 is 0. The third-order valence-corrected chi connectivity index (χ3v) is 5.86. The van der Waals surface area contributed by atoms with Crippen molar-refractivity contribution in [2.45, 2.75) is 69.7 Å². The van der Waals surface area contributed by atoms with E-state index in [-0.39, 0.29) is 30.1 Å². The molecule has 4 heterocycles. The van der Waals surface area contributed by atoms with Crippen molar-refractivity contribution in [3.05, 3.63) is 0 Å². The minimum atomic E-state index is -0.0458. The second-order valence-electron chi connectivity index (χ2n) is 7.10. The molecular formula is C16H23NO4. The van der Waals surface area contributed by atoms with Gasteiger partial charge in [-0.3, -0.25) is 14.5 Å². The number of fused-ring (bicyclic) bond motifs is 3. The molecule has 0 radical (unpaired) electrons. The van der Waals surface area contributed by atoms with Gasteiger partial charge in [0.25, 0.3) is 0 Å². The first-order chi connectivity index (χ1) is 10.1. The van der Waals surface area contributed by atoms with Gasteiger partial charge in [-0.2, -0.15) is 0 Å². The molecule has 0 unspecified atom stereocenters. The highest BCUT2D eigenvalue weighted by Crippen LogP contribution is 2.43. The summed E-state index contributed by atoms with van der Waals surface area (Å²) in [6.07, 6.45) is 5.81. The molecule has 0 saturated carbocycles. The van der Waals surface area contributed by atoms with Gasteiger partial charge in [0.2, 0.25) is 0 Å². The Bertz CT molecular complexity index is 465. The first-order valence-electron chi connectivity index (χ1n) is 8.29. The molecule has 0 bridgehead atoms. The fourth-order valence-corrected chi connectivity index (χ4v) is 4.86. The van der Waals surface area contributed by atoms with Gasteiger partial charge < -0.3 is 9.47 Å². The van der Waals surface area contributed by atoms with E-state index in [0.717, 1.165) is 38.6 Å². The summed E-state index contributed by atoms with van der Waals surface area (Å²) in [5.41, 5.74) is 0. The average molecular weight is 293 g/mol. The van der Waals surface area contributed by atoms with Crippen LogP contribution in [0.15, 0.2) is 0 Å². The lowest BCUT2D eigenvalue weighted by molar-refractivity contribution is -0.146. The molecule has 0 aromatic heterocycles. The summed E-state index contributed by atoms with van der Waals surface area (Å²) in [6, 6.07) is 0.780. The van der Waals surface area contributed by atoms with E-state index in [2.05, 4.69) is 4.90 Å². The van der Waals surface area contributed by atoms with Gasteiger partial charge in [-0.05, 0) is 38.6 Å². The van der Waals surface area contributed by atoms with E-state index in [4.69, 9.17) is 9.47 Å². The highest BCUT2D eigenvalue weighted by molar-refractivity contribution is 5.74. The molecule has 5 heteroatoms. The number of esters is 2. The maximum atomic E-state index is 11.7. The van der Waals surface area contributed by atoms with Crippen LogP contribution >= 0.6 is 0 Å². The third-order valence-electron chi connectivity index (χ3n) is 5.86. The monoisotopic (exact) mass is 293 g/mol. The number of carbonyl (C=O) groups is 2. The Labute approximate surface area is 125 Å². The summed E-state index contributed by atoms with van der Waals surface area (Å²) < 4.78 is 11.1. The maximum Gasteiger partial charge on any atom is 0.309 e. The Morgan fingerprint density at radius 1 is 1.05 bits per heavy atom. The predicted molar refractivity (Wildman–Crippen MR) is 74.4 cm³/mol. The van der Waals surface area contributed by atoms with Crippen LogP contribution in [0.25, 0.3) is 0 Å². The second kappa shape index (κ2) is 4.97. The molecule has 0 aromatic carbocycles. The average Bonchev–Trinajstić information content (AvgIpc) is 3.07. The number of hydrogen-bond donors (Lipinski definition) is 0. The van der Waals surface area contributed by atoms with Crippen molar-refractivity contribution in [2.24, 2.45) is 11.8 Å².